The number of aromatic amines is 2. The summed E-state index contributed by atoms with van der Waals surface area (Å²) in [6.45, 7) is 2.11. The predicted molar refractivity (Wildman–Crippen MR) is 84.6 cm³/mol. The van der Waals surface area contributed by atoms with E-state index in [1.165, 1.54) is 0 Å². The van der Waals surface area contributed by atoms with Crippen molar-refractivity contribution < 1.29 is 0 Å². The van der Waals surface area contributed by atoms with Crippen molar-refractivity contribution in [1.82, 2.24) is 30.4 Å². The van der Waals surface area contributed by atoms with E-state index in [1.807, 2.05) is 12.3 Å². The van der Waals surface area contributed by atoms with Gasteiger partial charge in [0, 0.05) is 40.2 Å². The van der Waals surface area contributed by atoms with Gasteiger partial charge in [-0.25, -0.2) is 0 Å². The molecule has 0 saturated heterocycles. The van der Waals surface area contributed by atoms with Crippen LogP contribution in [0.5, 0.6) is 0 Å². The van der Waals surface area contributed by atoms with E-state index in [0.717, 1.165) is 58.2 Å². The third-order valence-corrected chi connectivity index (χ3v) is 4.00. The summed E-state index contributed by atoms with van der Waals surface area (Å²) in [4.78, 5) is 8.64. The van der Waals surface area contributed by atoms with Crippen LogP contribution in [-0.4, -0.2) is 30.4 Å². The highest BCUT2D eigenvalue weighted by molar-refractivity contribution is 5.81. The maximum Gasteiger partial charge on any atom is 0.111 e. The lowest BCUT2D eigenvalue weighted by atomic mass is 10.1. The lowest BCUT2D eigenvalue weighted by Gasteiger charge is -2.00. The first-order valence-corrected chi connectivity index (χ1v) is 7.44. The first-order valence-electron chi connectivity index (χ1n) is 7.44. The Morgan fingerprint density at radius 3 is 2.73 bits per heavy atom. The standard InChI is InChI=1S/C16H16N6/c1-2-13-12-8-18-10(7-15(12)21-19-13)3-4-14-11-5-6-17-9-16(11)22-20-14/h5-9H,2-4H2,1H3,(H,19,21)(H,20,22). The monoisotopic (exact) mass is 292 g/mol. The zero-order valence-corrected chi connectivity index (χ0v) is 12.3. The highest BCUT2D eigenvalue weighted by atomic mass is 15.1. The first kappa shape index (κ1) is 12.9. The van der Waals surface area contributed by atoms with E-state index in [-0.39, 0.29) is 0 Å². The van der Waals surface area contributed by atoms with Crippen molar-refractivity contribution in [3.05, 3.63) is 47.8 Å². The van der Waals surface area contributed by atoms with Gasteiger partial charge in [0.15, 0.2) is 0 Å². The highest BCUT2D eigenvalue weighted by Gasteiger charge is 2.08. The Bertz CT molecular complexity index is 936. The molecule has 6 heteroatoms. The third-order valence-electron chi connectivity index (χ3n) is 4.00. The molecular weight excluding hydrogens is 276 g/mol. The van der Waals surface area contributed by atoms with Gasteiger partial charge in [-0.3, -0.25) is 20.2 Å². The maximum absolute atomic E-state index is 4.56. The van der Waals surface area contributed by atoms with Crippen LogP contribution in [0.3, 0.4) is 0 Å². The van der Waals surface area contributed by atoms with Crippen molar-refractivity contribution in [1.29, 1.82) is 0 Å². The summed E-state index contributed by atoms with van der Waals surface area (Å²) < 4.78 is 0. The van der Waals surface area contributed by atoms with Crippen LogP contribution in [0, 0.1) is 0 Å². The second-order valence-electron chi connectivity index (χ2n) is 5.34. The quantitative estimate of drug-likeness (QED) is 0.605. The second-order valence-corrected chi connectivity index (χ2v) is 5.34. The van der Waals surface area contributed by atoms with Gasteiger partial charge in [0.2, 0.25) is 0 Å². The minimum Gasteiger partial charge on any atom is -0.281 e. The number of nitrogens with one attached hydrogen (secondary N) is 2. The number of aromatic nitrogens is 6. The molecule has 0 saturated carbocycles. The molecule has 0 amide bonds. The molecule has 22 heavy (non-hydrogen) atoms. The Morgan fingerprint density at radius 1 is 0.955 bits per heavy atom. The van der Waals surface area contributed by atoms with Crippen LogP contribution in [0.4, 0.5) is 0 Å². The Balaban J connectivity index is 1.58. The fraction of sp³-hybridized carbons (Fsp3) is 0.250. The topological polar surface area (TPSA) is 83.1 Å². The van der Waals surface area contributed by atoms with Gasteiger partial charge in [0.05, 0.1) is 11.7 Å². The summed E-state index contributed by atoms with van der Waals surface area (Å²) in [5.74, 6) is 0. The zero-order valence-electron chi connectivity index (χ0n) is 12.3. The van der Waals surface area contributed by atoms with Crippen LogP contribution in [0.2, 0.25) is 0 Å². The largest absolute Gasteiger partial charge is 0.281 e. The number of nitrogens with zero attached hydrogens (tertiary/aromatic N) is 4. The number of hydrogen-bond donors (Lipinski definition) is 2. The van der Waals surface area contributed by atoms with Gasteiger partial charge in [-0.15, -0.1) is 0 Å². The summed E-state index contributed by atoms with van der Waals surface area (Å²) in [6.07, 6.45) is 8.14. The Kier molecular flexibility index (Phi) is 3.07. The second kappa shape index (κ2) is 5.22. The molecule has 6 nitrogen and oxygen atoms in total. The van der Waals surface area contributed by atoms with Crippen molar-refractivity contribution in [3.8, 4) is 0 Å². The van der Waals surface area contributed by atoms with Gasteiger partial charge >= 0.3 is 0 Å². The molecule has 0 unspecified atom stereocenters. The Labute approximate surface area is 127 Å². The molecule has 0 spiro atoms. The maximum atomic E-state index is 4.56. The summed E-state index contributed by atoms with van der Waals surface area (Å²) in [6, 6.07) is 4.05. The zero-order chi connectivity index (χ0) is 14.9. The molecule has 0 aliphatic heterocycles. The fourth-order valence-corrected chi connectivity index (χ4v) is 2.77. The normalized spacial score (nSPS) is 11.5. The van der Waals surface area contributed by atoms with Crippen LogP contribution in [0.1, 0.15) is 24.0 Å². The summed E-state index contributed by atoms with van der Waals surface area (Å²) in [7, 11) is 0. The predicted octanol–water partition coefficient (Wildman–Crippen LogP) is 2.58. The number of hydrogen-bond acceptors (Lipinski definition) is 4. The van der Waals surface area contributed by atoms with E-state index in [0.29, 0.717) is 0 Å². The van der Waals surface area contributed by atoms with Gasteiger partial charge < -0.3 is 0 Å². The summed E-state index contributed by atoms with van der Waals surface area (Å²) in [5, 5.41) is 17.0. The van der Waals surface area contributed by atoms with Gasteiger partial charge in [0.25, 0.3) is 0 Å². The van der Waals surface area contributed by atoms with Crippen molar-refractivity contribution in [2.24, 2.45) is 0 Å². The minimum atomic E-state index is 0.851. The van der Waals surface area contributed by atoms with E-state index in [9.17, 15) is 0 Å². The number of aryl methyl sites for hydroxylation is 3. The molecule has 0 aromatic carbocycles. The van der Waals surface area contributed by atoms with Crippen LogP contribution < -0.4 is 0 Å². The molecule has 0 radical (unpaired) electrons. The average Bonchev–Trinajstić information content (AvgIpc) is 3.16. The van der Waals surface area contributed by atoms with Crippen LogP contribution in [0.15, 0.2) is 30.7 Å². The summed E-state index contributed by atoms with van der Waals surface area (Å²) >= 11 is 0. The molecule has 0 fully saturated rings. The summed E-state index contributed by atoms with van der Waals surface area (Å²) in [5.41, 5.74) is 5.19. The van der Waals surface area contributed by atoms with Crippen molar-refractivity contribution in [3.63, 3.8) is 0 Å². The highest BCUT2D eigenvalue weighted by Crippen LogP contribution is 2.19. The van der Waals surface area contributed by atoms with Crippen LogP contribution in [0.25, 0.3) is 21.8 Å². The smallest absolute Gasteiger partial charge is 0.111 e. The Morgan fingerprint density at radius 2 is 1.82 bits per heavy atom. The SMILES string of the molecule is CCc1[nH]nc2cc(CCc3[nH]nc4cnccc34)ncc12. The van der Waals surface area contributed by atoms with Gasteiger partial charge in [0.1, 0.15) is 5.52 Å². The van der Waals surface area contributed by atoms with Crippen molar-refractivity contribution in [2.75, 3.05) is 0 Å². The van der Waals surface area contributed by atoms with Crippen molar-refractivity contribution >= 4 is 21.8 Å². The molecule has 0 aliphatic carbocycles. The van der Waals surface area contributed by atoms with Gasteiger partial charge in [-0.1, -0.05) is 6.92 Å². The van der Waals surface area contributed by atoms with Gasteiger partial charge in [-0.05, 0) is 31.4 Å². The molecule has 4 aromatic heterocycles. The first-order chi connectivity index (χ1) is 10.8. The number of fused-ring (bicyclic) bond motifs is 2. The van der Waals surface area contributed by atoms with Crippen LogP contribution >= 0.6 is 0 Å². The molecule has 110 valence electrons. The average molecular weight is 292 g/mol. The fourth-order valence-electron chi connectivity index (χ4n) is 2.77. The van der Waals surface area contributed by atoms with E-state index >= 15 is 0 Å². The molecule has 4 aromatic rings. The Hall–Kier alpha value is -2.76. The molecular formula is C16H16N6. The number of pyridine rings is 2. The molecule has 4 heterocycles. The molecule has 0 aliphatic rings. The lowest BCUT2D eigenvalue weighted by Crippen LogP contribution is -1.95. The van der Waals surface area contributed by atoms with Crippen molar-refractivity contribution in [2.45, 2.75) is 26.2 Å². The van der Waals surface area contributed by atoms with E-state index in [1.54, 1.807) is 12.4 Å². The van der Waals surface area contributed by atoms with Crippen LogP contribution in [-0.2, 0) is 19.3 Å². The minimum absolute atomic E-state index is 0.851. The lowest BCUT2D eigenvalue weighted by molar-refractivity contribution is 0.874. The molecule has 4 rings (SSSR count). The number of H-pyrrole nitrogens is 2. The van der Waals surface area contributed by atoms with Gasteiger partial charge in [-0.2, -0.15) is 10.2 Å². The molecule has 0 atom stereocenters. The number of rotatable bonds is 4. The third kappa shape index (κ3) is 2.13. The van der Waals surface area contributed by atoms with E-state index in [4.69, 9.17) is 0 Å². The van der Waals surface area contributed by atoms with E-state index < -0.39 is 0 Å². The molecule has 0 bridgehead atoms. The van der Waals surface area contributed by atoms with E-state index in [2.05, 4.69) is 43.4 Å². The molecule has 2 N–H and O–H groups in total.